The van der Waals surface area contributed by atoms with Crippen LogP contribution in [0.15, 0.2) is 24.3 Å². The first-order valence-electron chi connectivity index (χ1n) is 5.65. The molecule has 3 rings (SSSR count). The average molecular weight is 230 g/mol. The van der Waals surface area contributed by atoms with Gasteiger partial charge in [-0.1, -0.05) is 11.3 Å². The lowest BCUT2D eigenvalue weighted by atomic mass is 10.2. The molecule has 1 fully saturated rings. The molecule has 0 aliphatic heterocycles. The Kier molecular flexibility index (Phi) is 2.24. The molecule has 1 aromatic heterocycles. The third-order valence-corrected chi connectivity index (χ3v) is 2.99. The maximum Gasteiger partial charge on any atom is 0.151 e. The number of nitrogen functional groups attached to an aromatic ring is 1. The van der Waals surface area contributed by atoms with E-state index < -0.39 is 0 Å². The zero-order chi connectivity index (χ0) is 11.8. The van der Waals surface area contributed by atoms with Crippen LogP contribution < -0.4 is 10.5 Å². The summed E-state index contributed by atoms with van der Waals surface area (Å²) in [5, 5.41) is 8.27. The van der Waals surface area contributed by atoms with Gasteiger partial charge in [-0.25, -0.2) is 0 Å². The minimum absolute atomic E-state index is 0.509. The lowest BCUT2D eigenvalue weighted by molar-refractivity contribution is 0.414. The molecule has 88 valence electrons. The Morgan fingerprint density at radius 3 is 2.94 bits per heavy atom. The van der Waals surface area contributed by atoms with Crippen LogP contribution in [-0.4, -0.2) is 22.1 Å². The van der Waals surface area contributed by atoms with Crippen molar-refractivity contribution >= 4 is 5.82 Å². The van der Waals surface area contributed by atoms with E-state index in [1.165, 1.54) is 12.8 Å². The molecule has 5 heteroatoms. The molecule has 2 N–H and O–H groups in total. The standard InChI is InChI=1S/C12H14N4O/c1-17-10-4-2-3-9(7-10)16-12(13)11(14-15-16)8-5-6-8/h2-4,7-8H,5-6,13H2,1H3. The number of anilines is 1. The molecular weight excluding hydrogens is 216 g/mol. The van der Waals surface area contributed by atoms with Gasteiger partial charge in [-0.3, -0.25) is 0 Å². The molecule has 2 aromatic rings. The Bertz CT molecular complexity index is 545. The van der Waals surface area contributed by atoms with Gasteiger partial charge >= 0.3 is 0 Å². The summed E-state index contributed by atoms with van der Waals surface area (Å²) in [7, 11) is 1.64. The fraction of sp³-hybridized carbons (Fsp3) is 0.333. The largest absolute Gasteiger partial charge is 0.497 e. The van der Waals surface area contributed by atoms with Gasteiger partial charge in [0.25, 0.3) is 0 Å². The van der Waals surface area contributed by atoms with E-state index in [-0.39, 0.29) is 0 Å². The Morgan fingerprint density at radius 1 is 1.41 bits per heavy atom. The fourth-order valence-corrected chi connectivity index (χ4v) is 1.88. The van der Waals surface area contributed by atoms with Crippen LogP contribution in [0.25, 0.3) is 5.69 Å². The summed E-state index contributed by atoms with van der Waals surface area (Å²) >= 11 is 0. The number of hydrogen-bond donors (Lipinski definition) is 1. The highest BCUT2D eigenvalue weighted by atomic mass is 16.5. The minimum atomic E-state index is 0.509. The van der Waals surface area contributed by atoms with Crippen LogP contribution in [0.2, 0.25) is 0 Å². The molecule has 0 spiro atoms. The molecule has 17 heavy (non-hydrogen) atoms. The van der Waals surface area contributed by atoms with Gasteiger partial charge in [-0.05, 0) is 25.0 Å². The van der Waals surface area contributed by atoms with Crippen molar-refractivity contribution in [3.8, 4) is 11.4 Å². The zero-order valence-electron chi connectivity index (χ0n) is 9.63. The monoisotopic (exact) mass is 230 g/mol. The van der Waals surface area contributed by atoms with Crippen LogP contribution in [0, 0.1) is 0 Å². The molecule has 0 radical (unpaired) electrons. The van der Waals surface area contributed by atoms with E-state index >= 15 is 0 Å². The fourth-order valence-electron chi connectivity index (χ4n) is 1.88. The van der Waals surface area contributed by atoms with Crippen molar-refractivity contribution in [2.24, 2.45) is 0 Å². The highest BCUT2D eigenvalue weighted by molar-refractivity contribution is 5.48. The summed E-state index contributed by atoms with van der Waals surface area (Å²) < 4.78 is 6.84. The van der Waals surface area contributed by atoms with Crippen LogP contribution in [0.1, 0.15) is 24.5 Å². The number of hydrogen-bond acceptors (Lipinski definition) is 4. The van der Waals surface area contributed by atoms with E-state index in [2.05, 4.69) is 10.3 Å². The van der Waals surface area contributed by atoms with Crippen molar-refractivity contribution in [2.75, 3.05) is 12.8 Å². The number of aromatic nitrogens is 3. The van der Waals surface area contributed by atoms with Gasteiger partial charge in [0.05, 0.1) is 12.8 Å². The van der Waals surface area contributed by atoms with Gasteiger partial charge in [0.2, 0.25) is 0 Å². The van der Waals surface area contributed by atoms with Gasteiger partial charge in [-0.15, -0.1) is 5.10 Å². The molecule has 1 aliphatic carbocycles. The molecule has 0 saturated heterocycles. The highest BCUT2D eigenvalue weighted by Gasteiger charge is 2.30. The maximum atomic E-state index is 6.06. The van der Waals surface area contributed by atoms with E-state index in [9.17, 15) is 0 Å². The van der Waals surface area contributed by atoms with Crippen LogP contribution in [-0.2, 0) is 0 Å². The van der Waals surface area contributed by atoms with E-state index in [0.29, 0.717) is 11.7 Å². The van der Waals surface area contributed by atoms with E-state index in [1.807, 2.05) is 24.3 Å². The summed E-state index contributed by atoms with van der Waals surface area (Å²) in [5.74, 6) is 1.93. The smallest absolute Gasteiger partial charge is 0.151 e. The van der Waals surface area contributed by atoms with Crippen molar-refractivity contribution in [1.29, 1.82) is 0 Å². The van der Waals surface area contributed by atoms with E-state index in [0.717, 1.165) is 17.1 Å². The summed E-state index contributed by atoms with van der Waals surface area (Å²) in [6, 6.07) is 7.62. The molecule has 1 aliphatic rings. The average Bonchev–Trinajstić information content (AvgIpc) is 3.13. The lowest BCUT2D eigenvalue weighted by Gasteiger charge is -2.05. The van der Waals surface area contributed by atoms with Gasteiger partial charge < -0.3 is 10.5 Å². The Balaban J connectivity index is 2.02. The number of rotatable bonds is 3. The summed E-state index contributed by atoms with van der Waals surface area (Å²) in [6.07, 6.45) is 2.34. The van der Waals surface area contributed by atoms with Gasteiger partial charge in [-0.2, -0.15) is 4.68 Å². The third kappa shape index (κ3) is 1.73. The highest BCUT2D eigenvalue weighted by Crippen LogP contribution is 2.41. The molecule has 1 aromatic carbocycles. The third-order valence-electron chi connectivity index (χ3n) is 2.99. The van der Waals surface area contributed by atoms with Crippen molar-refractivity contribution < 1.29 is 4.74 Å². The number of nitrogens with two attached hydrogens (primary N) is 1. The van der Waals surface area contributed by atoms with Crippen LogP contribution >= 0.6 is 0 Å². The van der Waals surface area contributed by atoms with Crippen molar-refractivity contribution in [3.05, 3.63) is 30.0 Å². The van der Waals surface area contributed by atoms with Crippen molar-refractivity contribution in [1.82, 2.24) is 15.0 Å². The van der Waals surface area contributed by atoms with Crippen LogP contribution in [0.4, 0.5) is 5.82 Å². The number of methoxy groups -OCH3 is 1. The normalized spacial score (nSPS) is 14.9. The zero-order valence-corrected chi connectivity index (χ0v) is 9.63. The Labute approximate surface area is 99.2 Å². The molecular formula is C12H14N4O. The molecule has 0 bridgehead atoms. The molecule has 0 atom stereocenters. The van der Waals surface area contributed by atoms with Gasteiger partial charge in [0, 0.05) is 12.0 Å². The maximum absolute atomic E-state index is 6.06. The first kappa shape index (κ1) is 10.1. The predicted octanol–water partition coefficient (Wildman–Crippen LogP) is 1.74. The second kappa shape index (κ2) is 3.76. The molecule has 1 heterocycles. The van der Waals surface area contributed by atoms with E-state index in [4.69, 9.17) is 10.5 Å². The Hall–Kier alpha value is -2.04. The first-order valence-corrected chi connectivity index (χ1v) is 5.65. The Morgan fingerprint density at radius 2 is 2.24 bits per heavy atom. The molecule has 1 saturated carbocycles. The topological polar surface area (TPSA) is 66.0 Å². The first-order chi connectivity index (χ1) is 8.29. The second-order valence-corrected chi connectivity index (χ2v) is 4.25. The van der Waals surface area contributed by atoms with Crippen LogP contribution in [0.3, 0.4) is 0 Å². The summed E-state index contributed by atoms with van der Waals surface area (Å²) in [4.78, 5) is 0. The molecule has 0 unspecified atom stereocenters. The second-order valence-electron chi connectivity index (χ2n) is 4.25. The molecule has 0 amide bonds. The SMILES string of the molecule is COc1cccc(-n2nnc(C3CC3)c2N)c1. The summed E-state index contributed by atoms with van der Waals surface area (Å²) in [5.41, 5.74) is 7.87. The molecule has 5 nitrogen and oxygen atoms in total. The lowest BCUT2D eigenvalue weighted by Crippen LogP contribution is -2.03. The predicted molar refractivity (Wildman–Crippen MR) is 64.3 cm³/mol. The van der Waals surface area contributed by atoms with Crippen LogP contribution in [0.5, 0.6) is 5.75 Å². The number of nitrogens with zero attached hydrogens (tertiary/aromatic N) is 3. The quantitative estimate of drug-likeness (QED) is 0.872. The number of ether oxygens (including phenoxy) is 1. The summed E-state index contributed by atoms with van der Waals surface area (Å²) in [6.45, 7) is 0. The van der Waals surface area contributed by atoms with E-state index in [1.54, 1.807) is 11.8 Å². The van der Waals surface area contributed by atoms with Gasteiger partial charge in [0.1, 0.15) is 11.4 Å². The minimum Gasteiger partial charge on any atom is -0.497 e. The van der Waals surface area contributed by atoms with Crippen molar-refractivity contribution in [3.63, 3.8) is 0 Å². The van der Waals surface area contributed by atoms with Gasteiger partial charge in [0.15, 0.2) is 5.82 Å². The number of benzene rings is 1. The van der Waals surface area contributed by atoms with Crippen molar-refractivity contribution in [2.45, 2.75) is 18.8 Å².